The molecule has 10 heteroatoms. The van der Waals surface area contributed by atoms with Crippen LogP contribution in [0.5, 0.6) is 11.5 Å². The maximum absolute atomic E-state index is 13.7. The van der Waals surface area contributed by atoms with Crippen molar-refractivity contribution in [2.75, 3.05) is 20.8 Å². The summed E-state index contributed by atoms with van der Waals surface area (Å²) in [5.74, 6) is -0.499. The number of amides is 1. The third kappa shape index (κ3) is 5.35. The minimum Gasteiger partial charge on any atom is -0.493 e. The Balaban J connectivity index is 1.51. The van der Waals surface area contributed by atoms with Crippen LogP contribution in [0.1, 0.15) is 21.8 Å². The van der Waals surface area contributed by atoms with Gasteiger partial charge >= 0.3 is 5.97 Å². The second kappa shape index (κ2) is 9.70. The van der Waals surface area contributed by atoms with Gasteiger partial charge in [0.25, 0.3) is 11.8 Å². The van der Waals surface area contributed by atoms with Gasteiger partial charge in [0.05, 0.1) is 14.2 Å². The first-order chi connectivity index (χ1) is 14.9. The Morgan fingerprint density at radius 3 is 2.58 bits per heavy atom. The molecular formula is C21H20FN3O6. The fourth-order valence-electron chi connectivity index (χ4n) is 2.59. The predicted octanol–water partition coefficient (Wildman–Crippen LogP) is 2.67. The topological polar surface area (TPSA) is 113 Å². The Hall–Kier alpha value is -3.95. The van der Waals surface area contributed by atoms with Gasteiger partial charge in [0.2, 0.25) is 5.82 Å². The molecule has 2 aromatic carbocycles. The third-order valence-electron chi connectivity index (χ3n) is 4.29. The predicted molar refractivity (Wildman–Crippen MR) is 106 cm³/mol. The van der Waals surface area contributed by atoms with Crippen molar-refractivity contribution in [3.8, 4) is 22.9 Å². The lowest BCUT2D eigenvalue weighted by molar-refractivity contribution is -0.144. The summed E-state index contributed by atoms with van der Waals surface area (Å²) in [4.78, 5) is 28.2. The highest BCUT2D eigenvalue weighted by atomic mass is 19.1. The van der Waals surface area contributed by atoms with Gasteiger partial charge < -0.3 is 24.1 Å². The first-order valence-corrected chi connectivity index (χ1v) is 9.16. The number of ether oxygens (including phenoxy) is 3. The molecule has 0 atom stereocenters. The number of benzene rings is 2. The molecule has 0 fully saturated rings. The molecule has 3 aromatic rings. The van der Waals surface area contributed by atoms with Crippen molar-refractivity contribution in [3.05, 3.63) is 59.2 Å². The van der Waals surface area contributed by atoms with Gasteiger partial charge in [0, 0.05) is 11.1 Å². The molecule has 0 aliphatic heterocycles. The summed E-state index contributed by atoms with van der Waals surface area (Å²) in [5.41, 5.74) is 1.22. The van der Waals surface area contributed by atoms with Gasteiger partial charge in [-0.3, -0.25) is 9.59 Å². The Bertz CT molecular complexity index is 1100. The number of aromatic nitrogens is 2. The highest BCUT2D eigenvalue weighted by molar-refractivity contribution is 5.96. The van der Waals surface area contributed by atoms with E-state index in [1.54, 1.807) is 25.1 Å². The standard InChI is InChI=1S/C21H20FN3O6/c1-12-4-5-13(8-15(12)22)20-24-18(31-25-20)11-30-19(26)10-23-21(27)14-6-7-16(28-2)17(9-14)29-3/h4-9H,10-11H2,1-3H3,(H,23,27). The van der Waals surface area contributed by atoms with Crippen LogP contribution in [0.4, 0.5) is 4.39 Å². The molecule has 0 saturated heterocycles. The van der Waals surface area contributed by atoms with Crippen LogP contribution in [0, 0.1) is 12.7 Å². The SMILES string of the molecule is COc1ccc(C(=O)NCC(=O)OCc2nc(-c3ccc(C)c(F)c3)no2)cc1OC. The minimum absolute atomic E-state index is 0.0375. The van der Waals surface area contributed by atoms with Gasteiger partial charge in [-0.15, -0.1) is 0 Å². The lowest BCUT2D eigenvalue weighted by Crippen LogP contribution is -2.30. The number of carbonyl (C=O) groups is 2. The number of methoxy groups -OCH3 is 2. The molecule has 0 radical (unpaired) electrons. The van der Waals surface area contributed by atoms with E-state index in [0.29, 0.717) is 22.6 Å². The van der Waals surface area contributed by atoms with E-state index in [4.69, 9.17) is 18.7 Å². The Morgan fingerprint density at radius 1 is 1.10 bits per heavy atom. The number of halogens is 1. The van der Waals surface area contributed by atoms with Crippen molar-refractivity contribution in [1.82, 2.24) is 15.5 Å². The highest BCUT2D eigenvalue weighted by Gasteiger charge is 2.15. The van der Waals surface area contributed by atoms with Gasteiger partial charge in [0.1, 0.15) is 12.4 Å². The molecule has 0 aliphatic carbocycles. The highest BCUT2D eigenvalue weighted by Crippen LogP contribution is 2.27. The Morgan fingerprint density at radius 2 is 1.87 bits per heavy atom. The molecule has 0 bridgehead atoms. The summed E-state index contributed by atoms with van der Waals surface area (Å²) in [6.07, 6.45) is 0. The van der Waals surface area contributed by atoms with Crippen LogP contribution in [0.2, 0.25) is 0 Å². The van der Waals surface area contributed by atoms with Gasteiger partial charge in [-0.2, -0.15) is 4.98 Å². The number of rotatable bonds is 8. The quantitative estimate of drug-likeness (QED) is 0.544. The van der Waals surface area contributed by atoms with Gasteiger partial charge in [-0.25, -0.2) is 4.39 Å². The lowest BCUT2D eigenvalue weighted by Gasteiger charge is -2.09. The van der Waals surface area contributed by atoms with Crippen LogP contribution in [0.15, 0.2) is 40.9 Å². The molecule has 0 saturated carbocycles. The minimum atomic E-state index is -0.699. The molecule has 0 spiro atoms. The maximum atomic E-state index is 13.7. The van der Waals surface area contributed by atoms with Crippen LogP contribution in [0.25, 0.3) is 11.4 Å². The molecule has 0 aliphatic rings. The van der Waals surface area contributed by atoms with Crippen molar-refractivity contribution in [2.45, 2.75) is 13.5 Å². The first kappa shape index (κ1) is 21.8. The lowest BCUT2D eigenvalue weighted by atomic mass is 10.1. The fourth-order valence-corrected chi connectivity index (χ4v) is 2.59. The zero-order chi connectivity index (χ0) is 22.4. The number of hydrogen-bond donors (Lipinski definition) is 1. The fraction of sp³-hybridized carbons (Fsp3) is 0.238. The Kier molecular flexibility index (Phi) is 6.81. The van der Waals surface area contributed by atoms with Crippen molar-refractivity contribution in [3.63, 3.8) is 0 Å². The second-order valence-electron chi connectivity index (χ2n) is 6.39. The summed E-state index contributed by atoms with van der Waals surface area (Å²) in [7, 11) is 2.94. The van der Waals surface area contributed by atoms with E-state index >= 15 is 0 Å². The van der Waals surface area contributed by atoms with E-state index in [1.807, 2.05) is 0 Å². The number of nitrogens with one attached hydrogen (secondary N) is 1. The Labute approximate surface area is 177 Å². The zero-order valence-corrected chi connectivity index (χ0v) is 17.1. The first-order valence-electron chi connectivity index (χ1n) is 9.16. The van der Waals surface area contributed by atoms with Crippen LogP contribution in [-0.2, 0) is 16.1 Å². The monoisotopic (exact) mass is 429 g/mol. The maximum Gasteiger partial charge on any atom is 0.325 e. The third-order valence-corrected chi connectivity index (χ3v) is 4.29. The summed E-state index contributed by atoms with van der Waals surface area (Å²) < 4.78 is 34.0. The average molecular weight is 429 g/mol. The van der Waals surface area contributed by atoms with E-state index in [-0.39, 0.29) is 36.2 Å². The second-order valence-corrected chi connectivity index (χ2v) is 6.39. The van der Waals surface area contributed by atoms with E-state index in [0.717, 1.165) is 0 Å². The number of aryl methyl sites for hydroxylation is 1. The average Bonchev–Trinajstić information content (AvgIpc) is 3.26. The zero-order valence-electron chi connectivity index (χ0n) is 17.1. The molecule has 9 nitrogen and oxygen atoms in total. The van der Waals surface area contributed by atoms with Crippen LogP contribution >= 0.6 is 0 Å². The summed E-state index contributed by atoms with van der Waals surface area (Å²) in [6, 6.07) is 9.16. The number of carbonyl (C=O) groups excluding carboxylic acids is 2. The molecule has 1 N–H and O–H groups in total. The van der Waals surface area contributed by atoms with E-state index in [1.165, 1.54) is 32.4 Å². The van der Waals surface area contributed by atoms with Gasteiger partial charge in [-0.1, -0.05) is 17.3 Å². The molecule has 1 aromatic heterocycles. The molecule has 162 valence electrons. The molecule has 1 amide bonds. The van der Waals surface area contributed by atoms with Crippen LogP contribution in [0.3, 0.4) is 0 Å². The van der Waals surface area contributed by atoms with Crippen molar-refractivity contribution < 1.29 is 32.7 Å². The van der Waals surface area contributed by atoms with Crippen LogP contribution in [-0.4, -0.2) is 42.8 Å². The largest absolute Gasteiger partial charge is 0.493 e. The molecule has 31 heavy (non-hydrogen) atoms. The molecule has 0 unspecified atom stereocenters. The van der Waals surface area contributed by atoms with Gasteiger partial charge in [-0.05, 0) is 36.8 Å². The normalized spacial score (nSPS) is 10.5. The van der Waals surface area contributed by atoms with E-state index in [9.17, 15) is 14.0 Å². The van der Waals surface area contributed by atoms with Crippen molar-refractivity contribution in [2.24, 2.45) is 0 Å². The van der Waals surface area contributed by atoms with E-state index < -0.39 is 11.9 Å². The number of nitrogens with zero attached hydrogens (tertiary/aromatic N) is 2. The molecular weight excluding hydrogens is 409 g/mol. The summed E-state index contributed by atoms with van der Waals surface area (Å²) in [5, 5.41) is 6.19. The summed E-state index contributed by atoms with van der Waals surface area (Å²) in [6.45, 7) is 0.994. The van der Waals surface area contributed by atoms with E-state index in [2.05, 4.69) is 15.5 Å². The molecule has 3 rings (SSSR count). The van der Waals surface area contributed by atoms with Gasteiger partial charge in [0.15, 0.2) is 18.1 Å². The number of esters is 1. The van der Waals surface area contributed by atoms with Crippen LogP contribution < -0.4 is 14.8 Å². The van der Waals surface area contributed by atoms with Crippen molar-refractivity contribution >= 4 is 11.9 Å². The van der Waals surface area contributed by atoms with Crippen molar-refractivity contribution in [1.29, 1.82) is 0 Å². The number of hydrogen-bond acceptors (Lipinski definition) is 8. The smallest absolute Gasteiger partial charge is 0.325 e. The summed E-state index contributed by atoms with van der Waals surface area (Å²) >= 11 is 0. The molecule has 1 heterocycles.